The highest BCUT2D eigenvalue weighted by molar-refractivity contribution is 5.80. The molecule has 0 saturated heterocycles. The molecule has 0 bridgehead atoms. The maximum Gasteiger partial charge on any atom is 0.325 e. The van der Waals surface area contributed by atoms with Gasteiger partial charge in [0.1, 0.15) is 5.54 Å². The molecule has 0 aliphatic carbocycles. The molecule has 0 aromatic rings. The Morgan fingerprint density at radius 3 is 2.30 bits per heavy atom. The van der Waals surface area contributed by atoms with Crippen LogP contribution in [-0.4, -0.2) is 50.6 Å². The van der Waals surface area contributed by atoms with Crippen LogP contribution in [0.3, 0.4) is 0 Å². The molecule has 0 rings (SSSR count). The highest BCUT2D eigenvalue weighted by Gasteiger charge is 2.33. The van der Waals surface area contributed by atoms with Crippen molar-refractivity contribution in [3.8, 4) is 0 Å². The third-order valence-corrected chi connectivity index (χ3v) is 2.89. The Morgan fingerprint density at radius 1 is 1.15 bits per heavy atom. The topological polar surface area (TPSA) is 56.8 Å². The lowest BCUT2D eigenvalue weighted by molar-refractivity contribution is -0.148. The van der Waals surface area contributed by atoms with Gasteiger partial charge in [0.25, 0.3) is 0 Å². The summed E-state index contributed by atoms with van der Waals surface area (Å²) in [6.45, 7) is 11.7. The predicted molar refractivity (Wildman–Crippen MR) is 79.8 cm³/mol. The molecule has 5 nitrogen and oxygen atoms in total. The van der Waals surface area contributed by atoms with E-state index in [-0.39, 0.29) is 18.1 Å². The van der Waals surface area contributed by atoms with Gasteiger partial charge >= 0.3 is 5.97 Å². The fourth-order valence-corrected chi connectivity index (χ4v) is 2.07. The van der Waals surface area contributed by atoms with E-state index in [0.29, 0.717) is 26.2 Å². The van der Waals surface area contributed by atoms with Crippen LogP contribution in [0.2, 0.25) is 0 Å². The molecule has 0 amide bonds. The second-order valence-electron chi connectivity index (χ2n) is 5.76. The zero-order valence-corrected chi connectivity index (χ0v) is 13.8. The van der Waals surface area contributed by atoms with Crippen molar-refractivity contribution in [2.24, 2.45) is 0 Å². The normalized spacial score (nSPS) is 14.6. The number of ether oxygens (including phenoxy) is 3. The number of rotatable bonds is 11. The van der Waals surface area contributed by atoms with Crippen molar-refractivity contribution in [1.29, 1.82) is 0 Å². The van der Waals surface area contributed by atoms with Crippen LogP contribution in [-0.2, 0) is 19.0 Å². The molecule has 0 saturated carbocycles. The molecule has 0 aromatic carbocycles. The third-order valence-electron chi connectivity index (χ3n) is 2.89. The average molecular weight is 289 g/mol. The first-order valence-electron chi connectivity index (χ1n) is 7.37. The summed E-state index contributed by atoms with van der Waals surface area (Å²) >= 11 is 0. The highest BCUT2D eigenvalue weighted by Crippen LogP contribution is 2.15. The largest absolute Gasteiger partial charge is 0.468 e. The van der Waals surface area contributed by atoms with Crippen LogP contribution in [0.15, 0.2) is 0 Å². The summed E-state index contributed by atoms with van der Waals surface area (Å²) in [4.78, 5) is 11.9. The zero-order chi connectivity index (χ0) is 15.6. The fourth-order valence-electron chi connectivity index (χ4n) is 2.07. The van der Waals surface area contributed by atoms with Gasteiger partial charge in [-0.05, 0) is 47.5 Å². The van der Waals surface area contributed by atoms with E-state index in [1.165, 1.54) is 7.11 Å². The Balaban J connectivity index is 3.94. The molecule has 0 aliphatic heterocycles. The van der Waals surface area contributed by atoms with Gasteiger partial charge in [-0.1, -0.05) is 0 Å². The van der Waals surface area contributed by atoms with Gasteiger partial charge in [0.2, 0.25) is 0 Å². The van der Waals surface area contributed by atoms with Gasteiger partial charge in [0, 0.05) is 12.6 Å². The van der Waals surface area contributed by atoms with E-state index in [9.17, 15) is 4.79 Å². The van der Waals surface area contributed by atoms with Crippen LogP contribution in [0.25, 0.3) is 0 Å². The van der Waals surface area contributed by atoms with Gasteiger partial charge in [-0.25, -0.2) is 0 Å². The molecule has 5 heteroatoms. The van der Waals surface area contributed by atoms with Crippen molar-refractivity contribution >= 4 is 5.97 Å². The molecule has 1 N–H and O–H groups in total. The molecule has 0 spiro atoms. The zero-order valence-electron chi connectivity index (χ0n) is 13.8. The molecule has 1 atom stereocenters. The summed E-state index contributed by atoms with van der Waals surface area (Å²) in [5, 5.41) is 3.27. The molecule has 0 heterocycles. The van der Waals surface area contributed by atoms with Crippen LogP contribution in [0.1, 0.15) is 47.5 Å². The summed E-state index contributed by atoms with van der Waals surface area (Å²) in [5.41, 5.74) is -0.652. The van der Waals surface area contributed by atoms with E-state index in [1.54, 1.807) is 0 Å². The lowest BCUT2D eigenvalue weighted by atomic mass is 9.95. The van der Waals surface area contributed by atoms with Gasteiger partial charge in [-0.3, -0.25) is 10.1 Å². The van der Waals surface area contributed by atoms with Crippen LogP contribution < -0.4 is 5.32 Å². The van der Waals surface area contributed by atoms with Gasteiger partial charge < -0.3 is 14.2 Å². The van der Waals surface area contributed by atoms with Crippen LogP contribution in [0, 0.1) is 0 Å². The van der Waals surface area contributed by atoms with Gasteiger partial charge in [-0.2, -0.15) is 0 Å². The molecule has 120 valence electrons. The summed E-state index contributed by atoms with van der Waals surface area (Å²) in [5.74, 6) is -0.227. The van der Waals surface area contributed by atoms with Gasteiger partial charge in [0.05, 0.1) is 26.4 Å². The van der Waals surface area contributed by atoms with Crippen molar-refractivity contribution < 1.29 is 19.0 Å². The lowest BCUT2D eigenvalue weighted by Crippen LogP contribution is -2.53. The third kappa shape index (κ3) is 8.51. The number of hydrogen-bond donors (Lipinski definition) is 1. The summed E-state index contributed by atoms with van der Waals surface area (Å²) in [7, 11) is 1.42. The Kier molecular flexibility index (Phi) is 9.80. The summed E-state index contributed by atoms with van der Waals surface area (Å²) in [6.07, 6.45) is 1.71. The van der Waals surface area contributed by atoms with E-state index >= 15 is 0 Å². The van der Waals surface area contributed by atoms with Gasteiger partial charge in [0.15, 0.2) is 0 Å². The number of nitrogens with one attached hydrogen (secondary N) is 1. The van der Waals surface area contributed by atoms with Crippen LogP contribution >= 0.6 is 0 Å². The second kappa shape index (κ2) is 10.1. The first-order valence-corrected chi connectivity index (χ1v) is 7.37. The smallest absolute Gasteiger partial charge is 0.325 e. The minimum atomic E-state index is -0.652. The van der Waals surface area contributed by atoms with Crippen molar-refractivity contribution in [3.05, 3.63) is 0 Å². The van der Waals surface area contributed by atoms with Crippen LogP contribution in [0.5, 0.6) is 0 Å². The molecule has 0 fully saturated rings. The minimum Gasteiger partial charge on any atom is -0.468 e. The molecule has 1 unspecified atom stereocenters. The van der Waals surface area contributed by atoms with Gasteiger partial charge in [-0.15, -0.1) is 0 Å². The standard InChI is InChI=1S/C15H31NO4/c1-12(2)16-15(5,14(17)18-6)8-7-9-19-10-11-20-13(3)4/h12-13,16H,7-11H2,1-6H3. The molecule has 0 aromatic heterocycles. The van der Waals surface area contributed by atoms with E-state index in [0.717, 1.165) is 6.42 Å². The molecule has 20 heavy (non-hydrogen) atoms. The Hall–Kier alpha value is -0.650. The number of methoxy groups -OCH3 is 1. The van der Waals surface area contributed by atoms with Crippen molar-refractivity contribution in [2.45, 2.75) is 65.1 Å². The Morgan fingerprint density at radius 2 is 1.80 bits per heavy atom. The fraction of sp³-hybridized carbons (Fsp3) is 0.933. The molecule has 0 radical (unpaired) electrons. The highest BCUT2D eigenvalue weighted by atomic mass is 16.5. The molecular formula is C15H31NO4. The average Bonchev–Trinajstić information content (AvgIpc) is 2.35. The monoisotopic (exact) mass is 289 g/mol. The lowest BCUT2D eigenvalue weighted by Gasteiger charge is -2.30. The second-order valence-corrected chi connectivity index (χ2v) is 5.76. The van der Waals surface area contributed by atoms with E-state index < -0.39 is 5.54 Å². The predicted octanol–water partition coefficient (Wildman–Crippen LogP) is 2.14. The number of hydrogen-bond acceptors (Lipinski definition) is 5. The van der Waals surface area contributed by atoms with Crippen molar-refractivity contribution in [1.82, 2.24) is 5.32 Å². The summed E-state index contributed by atoms with van der Waals surface area (Å²) < 4.78 is 15.8. The number of esters is 1. The maximum atomic E-state index is 11.9. The summed E-state index contributed by atoms with van der Waals surface area (Å²) in [6, 6.07) is 0.222. The van der Waals surface area contributed by atoms with Crippen LogP contribution in [0.4, 0.5) is 0 Å². The van der Waals surface area contributed by atoms with Crippen molar-refractivity contribution in [3.63, 3.8) is 0 Å². The number of carbonyl (C=O) groups is 1. The van der Waals surface area contributed by atoms with E-state index in [1.807, 2.05) is 34.6 Å². The minimum absolute atomic E-state index is 0.222. The Labute approximate surface area is 123 Å². The van der Waals surface area contributed by atoms with Crippen molar-refractivity contribution in [2.75, 3.05) is 26.9 Å². The number of carbonyl (C=O) groups excluding carboxylic acids is 1. The van der Waals surface area contributed by atoms with E-state index in [2.05, 4.69) is 5.32 Å². The quantitative estimate of drug-likeness (QED) is 0.466. The SMILES string of the molecule is COC(=O)C(C)(CCCOCCOC(C)C)NC(C)C. The van der Waals surface area contributed by atoms with E-state index in [4.69, 9.17) is 14.2 Å². The molecular weight excluding hydrogens is 258 g/mol. The molecule has 0 aliphatic rings. The first-order chi connectivity index (χ1) is 9.31. The first kappa shape index (κ1) is 19.4. The Bertz CT molecular complexity index is 269. The maximum absolute atomic E-state index is 11.9.